The minimum absolute atomic E-state index is 0.256. The van der Waals surface area contributed by atoms with Crippen LogP contribution in [0.15, 0.2) is 24.4 Å². The fraction of sp³-hybridized carbons (Fsp3) is 0.375. The maximum atomic E-state index is 10.8. The van der Waals surface area contributed by atoms with Crippen molar-refractivity contribution in [1.29, 1.82) is 0 Å². The van der Waals surface area contributed by atoms with Crippen molar-refractivity contribution in [1.82, 2.24) is 5.32 Å². The number of hydrogen-bond acceptors (Lipinski definition) is 3. The molecule has 0 fully saturated rings. The van der Waals surface area contributed by atoms with Crippen LogP contribution in [0, 0.1) is 0 Å². The summed E-state index contributed by atoms with van der Waals surface area (Å²) in [5.74, 6) is -0.350. The van der Waals surface area contributed by atoms with Crippen LogP contribution in [0.4, 0.5) is 0 Å². The molecule has 0 rings (SSSR count). The van der Waals surface area contributed by atoms with Crippen molar-refractivity contribution in [3.05, 3.63) is 24.4 Å². The van der Waals surface area contributed by atoms with Gasteiger partial charge < -0.3 is 10.1 Å². The van der Waals surface area contributed by atoms with E-state index >= 15 is 0 Å². The van der Waals surface area contributed by atoms with Gasteiger partial charge in [-0.05, 0) is 6.92 Å². The first-order valence-corrected chi connectivity index (χ1v) is 3.34. The minimum Gasteiger partial charge on any atom is -0.458 e. The average Bonchev–Trinajstić information content (AvgIpc) is 2.00. The Labute approximate surface area is 66.7 Å². The van der Waals surface area contributed by atoms with Gasteiger partial charge in [-0.25, -0.2) is 4.79 Å². The molecule has 0 bridgehead atoms. The molecular weight excluding hydrogens is 142 g/mol. The lowest BCUT2D eigenvalue weighted by Crippen LogP contribution is -2.07. The van der Waals surface area contributed by atoms with E-state index in [1.807, 2.05) is 0 Å². The molecule has 0 aliphatic carbocycles. The zero-order chi connectivity index (χ0) is 8.69. The molecule has 0 saturated heterocycles. The van der Waals surface area contributed by atoms with E-state index in [1.54, 1.807) is 14.0 Å². The minimum atomic E-state index is -0.350. The standard InChI is InChI=1S/C8H13NO2/c1-4-5-11-8(10)6-7(2)9-3/h4,6,9H,1,5H2,2-3H3/b7-6-. The van der Waals surface area contributed by atoms with Crippen LogP contribution in [0.2, 0.25) is 0 Å². The number of esters is 1. The van der Waals surface area contributed by atoms with E-state index in [-0.39, 0.29) is 12.6 Å². The Balaban J connectivity index is 3.76. The number of rotatable bonds is 4. The van der Waals surface area contributed by atoms with E-state index in [9.17, 15) is 4.79 Å². The molecular formula is C8H13NO2. The number of ether oxygens (including phenoxy) is 1. The smallest absolute Gasteiger partial charge is 0.332 e. The zero-order valence-corrected chi connectivity index (χ0v) is 6.89. The summed E-state index contributed by atoms with van der Waals surface area (Å²) in [6.45, 7) is 5.46. The first kappa shape index (κ1) is 9.75. The maximum Gasteiger partial charge on any atom is 0.332 e. The summed E-state index contributed by atoms with van der Waals surface area (Å²) in [6, 6.07) is 0. The topological polar surface area (TPSA) is 38.3 Å². The largest absolute Gasteiger partial charge is 0.458 e. The van der Waals surface area contributed by atoms with E-state index in [0.29, 0.717) is 0 Å². The molecule has 0 heterocycles. The van der Waals surface area contributed by atoms with E-state index < -0.39 is 0 Å². The predicted octanol–water partition coefficient (Wildman–Crippen LogP) is 0.839. The second-order valence-corrected chi connectivity index (χ2v) is 2.00. The third-order valence-corrected chi connectivity index (χ3v) is 1.07. The first-order valence-electron chi connectivity index (χ1n) is 3.34. The lowest BCUT2D eigenvalue weighted by atomic mass is 10.4. The van der Waals surface area contributed by atoms with Gasteiger partial charge in [0, 0.05) is 18.8 Å². The van der Waals surface area contributed by atoms with Crippen molar-refractivity contribution in [2.45, 2.75) is 6.92 Å². The van der Waals surface area contributed by atoms with Gasteiger partial charge in [0.15, 0.2) is 0 Å². The molecule has 3 heteroatoms. The van der Waals surface area contributed by atoms with Crippen molar-refractivity contribution < 1.29 is 9.53 Å². The average molecular weight is 155 g/mol. The van der Waals surface area contributed by atoms with Crippen molar-refractivity contribution in [3.8, 4) is 0 Å². The number of hydrogen-bond donors (Lipinski definition) is 1. The van der Waals surface area contributed by atoms with E-state index in [1.165, 1.54) is 12.2 Å². The van der Waals surface area contributed by atoms with Crippen LogP contribution >= 0.6 is 0 Å². The number of nitrogens with one attached hydrogen (secondary N) is 1. The third kappa shape index (κ3) is 5.21. The molecule has 0 aliphatic heterocycles. The molecule has 3 nitrogen and oxygen atoms in total. The van der Waals surface area contributed by atoms with Crippen LogP contribution in [0.25, 0.3) is 0 Å². The molecule has 0 radical (unpaired) electrons. The molecule has 0 aromatic heterocycles. The van der Waals surface area contributed by atoms with Crippen LogP contribution in [0.1, 0.15) is 6.92 Å². The number of carbonyl (C=O) groups is 1. The highest BCUT2D eigenvalue weighted by atomic mass is 16.5. The Bertz CT molecular complexity index is 173. The molecule has 0 atom stereocenters. The highest BCUT2D eigenvalue weighted by molar-refractivity contribution is 5.82. The van der Waals surface area contributed by atoms with Crippen LogP contribution in [0.3, 0.4) is 0 Å². The van der Waals surface area contributed by atoms with Crippen molar-refractivity contribution in [3.63, 3.8) is 0 Å². The van der Waals surface area contributed by atoms with Gasteiger partial charge >= 0.3 is 5.97 Å². The zero-order valence-electron chi connectivity index (χ0n) is 6.89. The second-order valence-electron chi connectivity index (χ2n) is 2.00. The summed E-state index contributed by atoms with van der Waals surface area (Å²) >= 11 is 0. The van der Waals surface area contributed by atoms with Gasteiger partial charge in [-0.1, -0.05) is 12.7 Å². The van der Waals surface area contributed by atoms with Gasteiger partial charge in [0.05, 0.1) is 0 Å². The maximum absolute atomic E-state index is 10.8. The quantitative estimate of drug-likeness (QED) is 0.371. The Kier molecular flexibility index (Phi) is 4.90. The number of allylic oxidation sites excluding steroid dienone is 1. The Morgan fingerprint density at radius 2 is 2.36 bits per heavy atom. The monoisotopic (exact) mass is 155 g/mol. The van der Waals surface area contributed by atoms with Crippen LogP contribution in [-0.2, 0) is 9.53 Å². The SMILES string of the molecule is C=CCOC(=O)/C=C(/C)NC. The molecule has 1 N–H and O–H groups in total. The molecule has 0 amide bonds. The summed E-state index contributed by atoms with van der Waals surface area (Å²) in [5, 5.41) is 2.81. The highest BCUT2D eigenvalue weighted by Crippen LogP contribution is 1.87. The fourth-order valence-electron chi connectivity index (χ4n) is 0.432. The molecule has 0 aliphatic rings. The molecule has 0 spiro atoms. The van der Waals surface area contributed by atoms with Crippen LogP contribution in [-0.4, -0.2) is 19.6 Å². The van der Waals surface area contributed by atoms with Crippen molar-refractivity contribution in [2.75, 3.05) is 13.7 Å². The Morgan fingerprint density at radius 1 is 1.73 bits per heavy atom. The third-order valence-electron chi connectivity index (χ3n) is 1.07. The Morgan fingerprint density at radius 3 is 2.82 bits per heavy atom. The highest BCUT2D eigenvalue weighted by Gasteiger charge is 1.95. The van der Waals surface area contributed by atoms with E-state index in [2.05, 4.69) is 11.9 Å². The predicted molar refractivity (Wildman–Crippen MR) is 44.0 cm³/mol. The van der Waals surface area contributed by atoms with Crippen molar-refractivity contribution in [2.24, 2.45) is 0 Å². The van der Waals surface area contributed by atoms with E-state index in [4.69, 9.17) is 4.74 Å². The molecule has 0 aromatic carbocycles. The molecule has 62 valence electrons. The van der Waals surface area contributed by atoms with Crippen LogP contribution < -0.4 is 5.32 Å². The first-order chi connectivity index (χ1) is 5.20. The number of carbonyl (C=O) groups excluding carboxylic acids is 1. The van der Waals surface area contributed by atoms with Gasteiger partial charge in [-0.15, -0.1) is 0 Å². The van der Waals surface area contributed by atoms with Gasteiger partial charge in [0.25, 0.3) is 0 Å². The second kappa shape index (κ2) is 5.53. The van der Waals surface area contributed by atoms with Gasteiger partial charge in [0.1, 0.15) is 6.61 Å². The summed E-state index contributed by atoms with van der Waals surface area (Å²) in [6.07, 6.45) is 2.92. The normalized spacial score (nSPS) is 10.5. The fourth-order valence-corrected chi connectivity index (χ4v) is 0.432. The lowest BCUT2D eigenvalue weighted by Gasteiger charge is -1.98. The molecule has 0 aromatic rings. The summed E-state index contributed by atoms with van der Waals surface area (Å²) < 4.78 is 4.69. The molecule has 11 heavy (non-hydrogen) atoms. The van der Waals surface area contributed by atoms with E-state index in [0.717, 1.165) is 5.70 Å². The molecule has 0 saturated carbocycles. The summed E-state index contributed by atoms with van der Waals surface area (Å²) in [7, 11) is 1.74. The van der Waals surface area contributed by atoms with Gasteiger partial charge in [-0.3, -0.25) is 0 Å². The lowest BCUT2D eigenvalue weighted by molar-refractivity contribution is -0.136. The summed E-state index contributed by atoms with van der Waals surface area (Å²) in [5.41, 5.74) is 0.777. The summed E-state index contributed by atoms with van der Waals surface area (Å²) in [4.78, 5) is 10.8. The molecule has 0 unspecified atom stereocenters. The van der Waals surface area contributed by atoms with Crippen molar-refractivity contribution >= 4 is 5.97 Å². The van der Waals surface area contributed by atoms with Gasteiger partial charge in [-0.2, -0.15) is 0 Å². The van der Waals surface area contributed by atoms with Gasteiger partial charge in [0.2, 0.25) is 0 Å². The van der Waals surface area contributed by atoms with Crippen LogP contribution in [0.5, 0.6) is 0 Å². The Hall–Kier alpha value is -1.25.